The van der Waals surface area contributed by atoms with E-state index in [9.17, 15) is 53.9 Å². The predicted molar refractivity (Wildman–Crippen MR) is 84.1 cm³/mol. The zero-order chi connectivity index (χ0) is 24.9. The molecule has 1 atom stereocenters. The van der Waals surface area contributed by atoms with E-state index in [1.165, 1.54) is 19.2 Å². The number of esters is 2. The van der Waals surface area contributed by atoms with Crippen LogP contribution in [0.4, 0.5) is 45.2 Å². The maximum absolute atomic E-state index is 12.6. The molecule has 0 spiro atoms. The fourth-order valence-electron chi connectivity index (χ4n) is 1.94. The average Bonchev–Trinajstić information content (AvgIpc) is 2.63. The molecule has 0 fully saturated rings. The first kappa shape index (κ1) is 26.8. The maximum Gasteiger partial charge on any atom is 0.434 e. The van der Waals surface area contributed by atoms with Crippen LogP contribution in [-0.2, 0) is 23.9 Å². The lowest BCUT2D eigenvalue weighted by molar-refractivity contribution is -0.314. The maximum atomic E-state index is 12.6. The lowest BCUT2D eigenvalue weighted by Crippen LogP contribution is -2.49. The number of halogens is 9. The summed E-state index contributed by atoms with van der Waals surface area (Å²) >= 11 is 0. The number of amides is 1. The predicted octanol–water partition coefficient (Wildman–Crippen LogP) is 3.39. The van der Waals surface area contributed by atoms with E-state index < -0.39 is 55.0 Å². The highest BCUT2D eigenvalue weighted by Crippen LogP contribution is 2.36. The minimum absolute atomic E-state index is 0.238. The average molecular weight is 485 g/mol. The topological polar surface area (TPSA) is 90.9 Å². The Labute approximate surface area is 172 Å². The third-order valence-corrected chi connectivity index (χ3v) is 3.30. The van der Waals surface area contributed by atoms with Crippen molar-refractivity contribution in [3.05, 3.63) is 24.3 Å². The summed E-state index contributed by atoms with van der Waals surface area (Å²) in [5.41, 5.74) is -0.250. The number of ether oxygens (including phenoxy) is 3. The molecule has 180 valence electrons. The van der Waals surface area contributed by atoms with Crippen molar-refractivity contribution in [3.63, 3.8) is 0 Å². The fourth-order valence-corrected chi connectivity index (χ4v) is 1.94. The summed E-state index contributed by atoms with van der Waals surface area (Å²) < 4.78 is 124. The van der Waals surface area contributed by atoms with Crippen molar-refractivity contribution in [1.82, 2.24) is 0 Å². The molecular formula is C16H12F9NO6. The molecule has 1 aromatic carbocycles. The van der Waals surface area contributed by atoms with Crippen molar-refractivity contribution in [2.24, 2.45) is 5.92 Å². The van der Waals surface area contributed by atoms with Crippen molar-refractivity contribution in [2.45, 2.75) is 24.6 Å². The molecule has 0 aliphatic carbocycles. The number of carbonyl (C=O) groups is 3. The Morgan fingerprint density at radius 3 is 1.78 bits per heavy atom. The van der Waals surface area contributed by atoms with Gasteiger partial charge < -0.3 is 19.5 Å². The van der Waals surface area contributed by atoms with Crippen molar-refractivity contribution in [3.8, 4) is 5.75 Å². The van der Waals surface area contributed by atoms with Gasteiger partial charge in [0.25, 0.3) is 6.10 Å². The number of hydrogen-bond donors (Lipinski definition) is 1. The first-order valence-electron chi connectivity index (χ1n) is 7.98. The number of hydrogen-bond acceptors (Lipinski definition) is 6. The van der Waals surface area contributed by atoms with Crippen LogP contribution in [0.1, 0.15) is 0 Å². The van der Waals surface area contributed by atoms with Crippen LogP contribution < -0.4 is 10.1 Å². The molecule has 0 heterocycles. The monoisotopic (exact) mass is 485 g/mol. The van der Waals surface area contributed by atoms with Gasteiger partial charge in [-0.2, -0.15) is 39.5 Å². The Bertz CT molecular complexity index is 803. The third kappa shape index (κ3) is 8.14. The van der Waals surface area contributed by atoms with E-state index in [1.807, 2.05) is 0 Å². The van der Waals surface area contributed by atoms with E-state index in [2.05, 4.69) is 9.47 Å². The summed E-state index contributed by atoms with van der Waals surface area (Å²) in [5, 5.41) is 1.76. The number of anilines is 1. The molecule has 16 heteroatoms. The number of benzene rings is 1. The largest absolute Gasteiger partial charge is 0.497 e. The molecular weight excluding hydrogens is 473 g/mol. The van der Waals surface area contributed by atoms with Gasteiger partial charge in [0.15, 0.2) is 6.61 Å². The summed E-state index contributed by atoms with van der Waals surface area (Å²) in [6, 6.07) is 4.59. The number of nitrogens with one attached hydrogen (secondary N) is 1. The van der Waals surface area contributed by atoms with Crippen LogP contribution in [0.25, 0.3) is 0 Å². The second-order valence-corrected chi connectivity index (χ2v) is 5.77. The molecule has 7 nitrogen and oxygen atoms in total. The smallest absolute Gasteiger partial charge is 0.434 e. The van der Waals surface area contributed by atoms with Crippen LogP contribution in [0.5, 0.6) is 5.75 Å². The van der Waals surface area contributed by atoms with Crippen molar-refractivity contribution in [1.29, 1.82) is 0 Å². The minimum Gasteiger partial charge on any atom is -0.497 e. The van der Waals surface area contributed by atoms with Gasteiger partial charge in [0.2, 0.25) is 11.8 Å². The van der Waals surface area contributed by atoms with Crippen molar-refractivity contribution >= 4 is 23.5 Å². The number of rotatable bonds is 7. The van der Waals surface area contributed by atoms with E-state index in [-0.39, 0.29) is 11.4 Å². The van der Waals surface area contributed by atoms with Gasteiger partial charge >= 0.3 is 30.5 Å². The molecule has 0 bridgehead atoms. The molecule has 0 radical (unpaired) electrons. The van der Waals surface area contributed by atoms with Crippen LogP contribution in [-0.4, -0.2) is 56.2 Å². The van der Waals surface area contributed by atoms with Gasteiger partial charge in [-0.3, -0.25) is 14.4 Å². The fraction of sp³-hybridized carbons (Fsp3) is 0.438. The molecule has 0 aromatic heterocycles. The summed E-state index contributed by atoms with van der Waals surface area (Å²) in [6.45, 7) is -2.38. The first-order valence-corrected chi connectivity index (χ1v) is 7.98. The quantitative estimate of drug-likeness (QED) is 0.362. The SMILES string of the molecule is COc1ccc(NC(=O)C(C(=O)OCC(F)(F)F)C(=O)OC(C(F)(F)F)C(F)(F)F)cc1. The van der Waals surface area contributed by atoms with Crippen LogP contribution >= 0.6 is 0 Å². The van der Waals surface area contributed by atoms with Crippen LogP contribution in [0.2, 0.25) is 0 Å². The van der Waals surface area contributed by atoms with Crippen molar-refractivity contribution < 1.29 is 68.1 Å². The molecule has 1 aromatic rings. The van der Waals surface area contributed by atoms with Gasteiger partial charge in [-0.1, -0.05) is 0 Å². The van der Waals surface area contributed by atoms with E-state index in [0.29, 0.717) is 0 Å². The van der Waals surface area contributed by atoms with Crippen LogP contribution in [0.15, 0.2) is 24.3 Å². The molecule has 0 saturated heterocycles. The summed E-state index contributed by atoms with van der Waals surface area (Å²) in [7, 11) is 1.26. The molecule has 1 N–H and O–H groups in total. The molecule has 1 rings (SSSR count). The van der Waals surface area contributed by atoms with E-state index in [0.717, 1.165) is 12.1 Å². The lowest BCUT2D eigenvalue weighted by Gasteiger charge is -2.24. The molecule has 0 aliphatic heterocycles. The Kier molecular flexibility index (Phi) is 8.34. The Morgan fingerprint density at radius 1 is 0.875 bits per heavy atom. The number of alkyl halides is 9. The normalized spacial score (nSPS) is 13.3. The highest BCUT2D eigenvalue weighted by atomic mass is 19.4. The summed E-state index contributed by atoms with van der Waals surface area (Å²) in [4.78, 5) is 35.8. The van der Waals surface area contributed by atoms with Crippen LogP contribution in [0, 0.1) is 5.92 Å². The Balaban J connectivity index is 3.18. The standard InChI is InChI=1S/C16H12F9NO6/c1-30-8-4-2-7(3-5-8)26-10(27)9(11(28)31-6-14(17,18)19)12(29)32-13(15(20,21)22)16(23,24)25/h2-5,9,13H,6H2,1H3,(H,26,27). The number of methoxy groups -OCH3 is 1. The first-order chi connectivity index (χ1) is 14.5. The van der Waals surface area contributed by atoms with E-state index >= 15 is 0 Å². The Morgan fingerprint density at radius 2 is 1.38 bits per heavy atom. The second kappa shape index (κ2) is 9.95. The molecule has 1 amide bonds. The number of carbonyl (C=O) groups excluding carboxylic acids is 3. The van der Waals surface area contributed by atoms with Gasteiger partial charge in [0, 0.05) is 5.69 Å². The van der Waals surface area contributed by atoms with Gasteiger partial charge in [-0.25, -0.2) is 0 Å². The van der Waals surface area contributed by atoms with Crippen LogP contribution in [0.3, 0.4) is 0 Å². The molecule has 0 saturated carbocycles. The molecule has 32 heavy (non-hydrogen) atoms. The lowest BCUT2D eigenvalue weighted by atomic mass is 10.1. The van der Waals surface area contributed by atoms with Gasteiger partial charge in [0.1, 0.15) is 5.75 Å². The molecule has 0 aliphatic rings. The van der Waals surface area contributed by atoms with E-state index in [1.54, 1.807) is 5.32 Å². The summed E-state index contributed by atoms with van der Waals surface area (Å²) in [5.74, 6) is -10.0. The minimum atomic E-state index is -6.21. The van der Waals surface area contributed by atoms with Gasteiger partial charge in [0.05, 0.1) is 7.11 Å². The highest BCUT2D eigenvalue weighted by Gasteiger charge is 2.61. The highest BCUT2D eigenvalue weighted by molar-refractivity contribution is 6.18. The zero-order valence-electron chi connectivity index (χ0n) is 15.5. The second-order valence-electron chi connectivity index (χ2n) is 5.77. The van der Waals surface area contributed by atoms with Gasteiger partial charge in [-0.05, 0) is 24.3 Å². The van der Waals surface area contributed by atoms with Gasteiger partial charge in [-0.15, -0.1) is 0 Å². The van der Waals surface area contributed by atoms with Crippen molar-refractivity contribution in [2.75, 3.05) is 19.0 Å². The zero-order valence-corrected chi connectivity index (χ0v) is 15.5. The van der Waals surface area contributed by atoms with E-state index in [4.69, 9.17) is 4.74 Å². The Hall–Kier alpha value is -3.20. The summed E-state index contributed by atoms with van der Waals surface area (Å²) in [6.07, 6.45) is -22.4. The third-order valence-electron chi connectivity index (χ3n) is 3.30. The molecule has 1 unspecified atom stereocenters.